The third-order valence-corrected chi connectivity index (χ3v) is 6.15. The Balaban J connectivity index is 1.71. The predicted octanol–water partition coefficient (Wildman–Crippen LogP) is 3.59. The van der Waals surface area contributed by atoms with Gasteiger partial charge in [0.15, 0.2) is 5.11 Å². The largest absolute Gasteiger partial charge is 0.495 e. The van der Waals surface area contributed by atoms with Crippen LogP contribution in [0, 0.1) is 13.8 Å². The third-order valence-electron chi connectivity index (χ3n) is 5.83. The highest BCUT2D eigenvalue weighted by atomic mass is 32.1. The molecule has 0 unspecified atom stereocenters. The van der Waals surface area contributed by atoms with Crippen LogP contribution in [0.25, 0.3) is 0 Å². The van der Waals surface area contributed by atoms with Crippen LogP contribution in [0.5, 0.6) is 5.75 Å². The van der Waals surface area contributed by atoms with E-state index in [0.29, 0.717) is 5.11 Å². The van der Waals surface area contributed by atoms with Crippen molar-refractivity contribution in [3.63, 3.8) is 0 Å². The van der Waals surface area contributed by atoms with Gasteiger partial charge >= 0.3 is 0 Å². The highest BCUT2D eigenvalue weighted by Gasteiger charge is 2.43. The first-order chi connectivity index (χ1) is 15.6. The number of aryl methyl sites for hydroxylation is 1. The van der Waals surface area contributed by atoms with Gasteiger partial charge in [-0.25, -0.2) is 4.68 Å². The maximum absolute atomic E-state index is 5.85. The van der Waals surface area contributed by atoms with Crippen LogP contribution in [-0.2, 0) is 0 Å². The van der Waals surface area contributed by atoms with Gasteiger partial charge in [0.25, 0.3) is 0 Å². The summed E-state index contributed by atoms with van der Waals surface area (Å²) < 4.78 is 9.64. The number of ether oxygens (including phenoxy) is 1. The molecule has 0 amide bonds. The molecule has 1 fully saturated rings. The minimum absolute atomic E-state index is 0.134. The molecule has 162 valence electrons. The highest BCUT2D eigenvalue weighted by Crippen LogP contribution is 2.45. The van der Waals surface area contributed by atoms with Crippen molar-refractivity contribution < 1.29 is 4.74 Å². The van der Waals surface area contributed by atoms with Gasteiger partial charge < -0.3 is 15.0 Å². The van der Waals surface area contributed by atoms with Gasteiger partial charge in [0.2, 0.25) is 0 Å². The van der Waals surface area contributed by atoms with Crippen LogP contribution < -0.4 is 15.0 Å². The van der Waals surface area contributed by atoms with E-state index in [-0.39, 0.29) is 12.1 Å². The molecule has 0 radical (unpaired) electrons. The van der Waals surface area contributed by atoms with Gasteiger partial charge in [0.05, 0.1) is 30.6 Å². The maximum atomic E-state index is 5.85. The molecule has 1 aliphatic rings. The number of benzene rings is 1. The number of hydrogen-bond donors (Lipinski definition) is 1. The van der Waals surface area contributed by atoms with E-state index < -0.39 is 0 Å². The quantitative estimate of drug-likeness (QED) is 0.471. The lowest BCUT2D eigenvalue weighted by molar-refractivity contribution is 0.414. The van der Waals surface area contributed by atoms with Crippen molar-refractivity contribution >= 4 is 23.0 Å². The molecule has 5 rings (SSSR count). The van der Waals surface area contributed by atoms with E-state index >= 15 is 0 Å². The molecule has 4 aromatic rings. The van der Waals surface area contributed by atoms with Crippen molar-refractivity contribution in [1.82, 2.24) is 29.9 Å². The Labute approximate surface area is 191 Å². The molecule has 8 nitrogen and oxygen atoms in total. The smallest absolute Gasteiger partial charge is 0.174 e. The van der Waals surface area contributed by atoms with Crippen molar-refractivity contribution in [1.29, 1.82) is 0 Å². The molecule has 1 saturated heterocycles. The average molecular weight is 446 g/mol. The van der Waals surface area contributed by atoms with Gasteiger partial charge in [0.1, 0.15) is 18.4 Å². The summed E-state index contributed by atoms with van der Waals surface area (Å²) in [6.45, 7) is 4.17. The van der Waals surface area contributed by atoms with E-state index in [0.717, 1.165) is 34.1 Å². The van der Waals surface area contributed by atoms with Gasteiger partial charge in [-0.1, -0.05) is 18.2 Å². The zero-order valence-corrected chi connectivity index (χ0v) is 18.8. The third kappa shape index (κ3) is 3.21. The van der Waals surface area contributed by atoms with Crippen LogP contribution in [0.3, 0.4) is 0 Å². The number of rotatable bonds is 5. The van der Waals surface area contributed by atoms with Gasteiger partial charge in [0, 0.05) is 23.1 Å². The summed E-state index contributed by atoms with van der Waals surface area (Å²) in [5, 5.41) is 12.1. The van der Waals surface area contributed by atoms with Crippen LogP contribution in [0.15, 0.2) is 67.4 Å². The van der Waals surface area contributed by atoms with Crippen LogP contribution in [-0.4, -0.2) is 36.8 Å². The van der Waals surface area contributed by atoms with E-state index in [1.807, 2.05) is 53.3 Å². The predicted molar refractivity (Wildman–Crippen MR) is 126 cm³/mol. The summed E-state index contributed by atoms with van der Waals surface area (Å²) in [6, 6.07) is 15.8. The van der Waals surface area contributed by atoms with Crippen LogP contribution in [0.1, 0.15) is 34.7 Å². The minimum Gasteiger partial charge on any atom is -0.495 e. The summed E-state index contributed by atoms with van der Waals surface area (Å²) in [5.74, 6) is 0.760. The number of aromatic nitrogens is 5. The van der Waals surface area contributed by atoms with Crippen LogP contribution >= 0.6 is 12.2 Å². The van der Waals surface area contributed by atoms with Gasteiger partial charge in [-0.3, -0.25) is 9.66 Å². The molecule has 0 saturated carbocycles. The number of nitrogens with one attached hydrogen (secondary N) is 1. The second kappa shape index (κ2) is 8.08. The first-order valence-corrected chi connectivity index (χ1v) is 10.7. The summed E-state index contributed by atoms with van der Waals surface area (Å²) in [7, 11) is 1.68. The van der Waals surface area contributed by atoms with E-state index in [2.05, 4.69) is 50.0 Å². The van der Waals surface area contributed by atoms with Crippen LogP contribution in [0.2, 0.25) is 0 Å². The fourth-order valence-electron chi connectivity index (χ4n) is 4.49. The molecule has 9 heteroatoms. The second-order valence-electron chi connectivity index (χ2n) is 7.65. The number of nitrogens with zero attached hydrogens (tertiary/aromatic N) is 6. The molecule has 0 bridgehead atoms. The normalized spacial score (nSPS) is 18.1. The lowest BCUT2D eigenvalue weighted by atomic mass is 9.96. The van der Waals surface area contributed by atoms with E-state index in [4.69, 9.17) is 17.0 Å². The van der Waals surface area contributed by atoms with Crippen molar-refractivity contribution in [3.05, 3.63) is 90.0 Å². The van der Waals surface area contributed by atoms with Crippen molar-refractivity contribution in [3.8, 4) is 5.75 Å². The first-order valence-electron chi connectivity index (χ1n) is 10.3. The lowest BCUT2D eigenvalue weighted by Crippen LogP contribution is -2.30. The van der Waals surface area contributed by atoms with E-state index in [1.54, 1.807) is 19.8 Å². The Bertz CT molecular complexity index is 1250. The summed E-state index contributed by atoms with van der Waals surface area (Å²) >= 11 is 5.85. The SMILES string of the molecule is COc1ccccc1N1C(=S)N[C@@H](c2ccccn2)[C@@H]1c1cc(C)n(-n2cnnc2)c1C. The second-order valence-corrected chi connectivity index (χ2v) is 8.04. The Morgan fingerprint density at radius 3 is 2.50 bits per heavy atom. The summed E-state index contributed by atoms with van der Waals surface area (Å²) in [5.41, 5.74) is 5.09. The summed E-state index contributed by atoms with van der Waals surface area (Å²) in [4.78, 5) is 6.77. The topological polar surface area (TPSA) is 73.0 Å². The average Bonchev–Trinajstić information content (AvgIpc) is 3.52. The lowest BCUT2D eigenvalue weighted by Gasteiger charge is -2.29. The van der Waals surface area contributed by atoms with E-state index in [1.165, 1.54) is 0 Å². The number of pyridine rings is 1. The van der Waals surface area contributed by atoms with E-state index in [9.17, 15) is 0 Å². The zero-order valence-electron chi connectivity index (χ0n) is 18.0. The minimum atomic E-state index is -0.136. The van der Waals surface area contributed by atoms with Gasteiger partial charge in [-0.05, 0) is 56.4 Å². The molecule has 4 heterocycles. The molecular weight excluding hydrogens is 422 g/mol. The molecule has 1 aliphatic heterocycles. The molecular formula is C23H23N7OS. The number of thiocarbonyl (C=S) groups is 1. The molecule has 2 atom stereocenters. The molecule has 1 N–H and O–H groups in total. The highest BCUT2D eigenvalue weighted by molar-refractivity contribution is 7.80. The fraction of sp³-hybridized carbons (Fsp3) is 0.217. The van der Waals surface area contributed by atoms with Gasteiger partial charge in [-0.15, -0.1) is 10.2 Å². The maximum Gasteiger partial charge on any atom is 0.174 e. The molecule has 32 heavy (non-hydrogen) atoms. The molecule has 1 aromatic carbocycles. The molecule has 0 spiro atoms. The monoisotopic (exact) mass is 445 g/mol. The number of methoxy groups -OCH3 is 1. The van der Waals surface area contributed by atoms with Crippen molar-refractivity contribution in [2.75, 3.05) is 12.0 Å². The first kappa shape index (κ1) is 20.2. The van der Waals surface area contributed by atoms with Crippen molar-refractivity contribution in [2.45, 2.75) is 25.9 Å². The Hall–Kier alpha value is -3.72. The number of hydrogen-bond acceptors (Lipinski definition) is 5. The van der Waals surface area contributed by atoms with Gasteiger partial charge in [-0.2, -0.15) is 0 Å². The Morgan fingerprint density at radius 1 is 1.03 bits per heavy atom. The Morgan fingerprint density at radius 2 is 1.78 bits per heavy atom. The zero-order chi connectivity index (χ0) is 22.2. The van der Waals surface area contributed by atoms with Crippen molar-refractivity contribution in [2.24, 2.45) is 0 Å². The standard InChI is InChI=1S/C23H23N7OS/c1-15-12-17(16(2)30(15)28-13-25-26-14-28)22-21(18-8-6-7-11-24-18)27-23(32)29(22)19-9-4-5-10-20(19)31-3/h4-14,21-22H,1-3H3,(H,27,32)/t21-,22-/m0/s1. The Kier molecular flexibility index (Phi) is 5.10. The fourth-order valence-corrected chi connectivity index (χ4v) is 4.83. The molecule has 3 aromatic heterocycles. The number of para-hydroxylation sites is 2. The summed E-state index contributed by atoms with van der Waals surface area (Å²) in [6.07, 6.45) is 5.19. The number of anilines is 1. The molecule has 0 aliphatic carbocycles. The van der Waals surface area contributed by atoms with Crippen LogP contribution in [0.4, 0.5) is 5.69 Å².